The van der Waals surface area contributed by atoms with Crippen molar-refractivity contribution in [2.75, 3.05) is 4.72 Å². The highest BCUT2D eigenvalue weighted by Crippen LogP contribution is 2.26. The Morgan fingerprint density at radius 2 is 1.97 bits per heavy atom. The van der Waals surface area contributed by atoms with Gasteiger partial charge < -0.3 is 0 Å². The van der Waals surface area contributed by atoms with Gasteiger partial charge in [-0.25, -0.2) is 22.2 Å². The van der Waals surface area contributed by atoms with Crippen molar-refractivity contribution >= 4 is 43.9 Å². The number of carbonyl (C=O) groups excluding carboxylic acids is 1. The first kappa shape index (κ1) is 21.4. The predicted octanol–water partition coefficient (Wildman–Crippen LogP) is 4.54. The van der Waals surface area contributed by atoms with Gasteiger partial charge >= 0.3 is 0 Å². The molecule has 152 valence electrons. The molecule has 0 radical (unpaired) electrons. The topological polar surface area (TPSA) is 76.1 Å². The molecule has 0 saturated heterocycles. The summed E-state index contributed by atoms with van der Waals surface area (Å²) in [6, 6.07) is 7.46. The first-order valence-electron chi connectivity index (χ1n) is 8.33. The van der Waals surface area contributed by atoms with Crippen molar-refractivity contribution < 1.29 is 22.0 Å². The number of hydrogen-bond acceptors (Lipinski definition) is 5. The fourth-order valence-corrected chi connectivity index (χ4v) is 5.10. The molecule has 2 aromatic carbocycles. The molecule has 0 amide bonds. The van der Waals surface area contributed by atoms with Crippen molar-refractivity contribution in [2.45, 2.75) is 24.7 Å². The van der Waals surface area contributed by atoms with Crippen LogP contribution in [0.15, 0.2) is 46.7 Å². The van der Waals surface area contributed by atoms with Gasteiger partial charge in [0.2, 0.25) is 0 Å². The average molecular weight is 457 g/mol. The molecule has 0 aliphatic carbocycles. The van der Waals surface area contributed by atoms with Gasteiger partial charge in [0.15, 0.2) is 5.13 Å². The van der Waals surface area contributed by atoms with E-state index in [1.807, 2.05) is 0 Å². The maximum atomic E-state index is 13.7. The normalized spacial score (nSPS) is 11.4. The minimum Gasteiger partial charge on any atom is -0.299 e. The minimum absolute atomic E-state index is 0.0272. The monoisotopic (exact) mass is 456 g/mol. The first-order valence-corrected chi connectivity index (χ1v) is 11.1. The van der Waals surface area contributed by atoms with E-state index in [0.29, 0.717) is 16.3 Å². The van der Waals surface area contributed by atoms with Crippen LogP contribution in [0.2, 0.25) is 5.02 Å². The smallest absolute Gasteiger partial charge is 0.263 e. The van der Waals surface area contributed by atoms with Crippen LogP contribution in [0, 0.1) is 18.6 Å². The van der Waals surface area contributed by atoms with E-state index >= 15 is 0 Å². The third kappa shape index (κ3) is 5.17. The van der Waals surface area contributed by atoms with Crippen molar-refractivity contribution in [1.29, 1.82) is 0 Å². The molecule has 3 aromatic rings. The van der Waals surface area contributed by atoms with Gasteiger partial charge in [-0.2, -0.15) is 0 Å². The molecule has 1 heterocycles. The van der Waals surface area contributed by atoms with Crippen LogP contribution in [0.4, 0.5) is 13.9 Å². The van der Waals surface area contributed by atoms with Crippen LogP contribution in [-0.2, 0) is 27.7 Å². The highest BCUT2D eigenvalue weighted by molar-refractivity contribution is 7.93. The summed E-state index contributed by atoms with van der Waals surface area (Å²) in [7, 11) is -3.90. The Kier molecular flexibility index (Phi) is 6.30. The molecule has 0 aliphatic heterocycles. The van der Waals surface area contributed by atoms with Crippen molar-refractivity contribution in [3.8, 4) is 0 Å². The number of sulfonamides is 1. The Morgan fingerprint density at radius 1 is 1.21 bits per heavy atom. The van der Waals surface area contributed by atoms with Crippen LogP contribution in [0.3, 0.4) is 0 Å². The van der Waals surface area contributed by atoms with E-state index in [9.17, 15) is 22.0 Å². The zero-order valence-corrected chi connectivity index (χ0v) is 17.5. The van der Waals surface area contributed by atoms with Gasteiger partial charge in [-0.05, 0) is 48.4 Å². The second-order valence-corrected chi connectivity index (χ2v) is 9.16. The lowest BCUT2D eigenvalue weighted by molar-refractivity contribution is -0.117. The first-order chi connectivity index (χ1) is 13.7. The number of hydrogen-bond donors (Lipinski definition) is 1. The van der Waals surface area contributed by atoms with Crippen LogP contribution >= 0.6 is 22.9 Å². The van der Waals surface area contributed by atoms with Gasteiger partial charge in [0, 0.05) is 23.2 Å². The Labute approximate surface area is 175 Å². The maximum absolute atomic E-state index is 13.7. The number of aromatic nitrogens is 1. The average Bonchev–Trinajstić information content (AvgIpc) is 3.06. The molecule has 3 rings (SSSR count). The minimum atomic E-state index is -3.90. The van der Waals surface area contributed by atoms with Gasteiger partial charge in [0.25, 0.3) is 10.0 Å². The molecule has 0 aliphatic rings. The zero-order chi connectivity index (χ0) is 21.2. The summed E-state index contributed by atoms with van der Waals surface area (Å²) in [5.41, 5.74) is 0.700. The van der Waals surface area contributed by atoms with Crippen molar-refractivity contribution in [2.24, 2.45) is 0 Å². The van der Waals surface area contributed by atoms with E-state index in [1.165, 1.54) is 17.5 Å². The molecule has 0 atom stereocenters. The molecule has 5 nitrogen and oxygen atoms in total. The second kappa shape index (κ2) is 8.56. The van der Waals surface area contributed by atoms with Gasteiger partial charge in [0.1, 0.15) is 17.4 Å². The standard InChI is InChI=1S/C19H15ClF2N2O3S2/c1-11-16(20)3-2-4-18(11)29(26,27)24-19-23-14(10-28-19)9-15(25)8-12-7-13(21)5-6-17(12)22/h2-7,10H,8-9H2,1H3,(H,23,24). The summed E-state index contributed by atoms with van der Waals surface area (Å²) >= 11 is 6.99. The quantitative estimate of drug-likeness (QED) is 0.566. The number of anilines is 1. The number of thiazole rings is 1. The van der Waals surface area contributed by atoms with E-state index in [4.69, 9.17) is 11.6 Å². The number of benzene rings is 2. The number of nitrogens with zero attached hydrogens (tertiary/aromatic N) is 1. The number of carbonyl (C=O) groups is 1. The summed E-state index contributed by atoms with van der Waals surface area (Å²) in [5.74, 6) is -1.67. The molecule has 0 bridgehead atoms. The molecular weight excluding hydrogens is 442 g/mol. The maximum Gasteiger partial charge on any atom is 0.263 e. The van der Waals surface area contributed by atoms with Crippen LogP contribution in [0.5, 0.6) is 0 Å². The Balaban J connectivity index is 1.70. The third-order valence-corrected chi connectivity index (χ3v) is 6.88. The highest BCUT2D eigenvalue weighted by Gasteiger charge is 2.20. The Bertz CT molecular complexity index is 1180. The number of rotatable bonds is 7. The lowest BCUT2D eigenvalue weighted by Gasteiger charge is -2.09. The molecule has 1 aromatic heterocycles. The summed E-state index contributed by atoms with van der Waals surface area (Å²) in [6.45, 7) is 1.59. The Morgan fingerprint density at radius 3 is 2.72 bits per heavy atom. The number of Topliss-reactive ketones (excluding diaryl/α,β-unsaturated/α-hetero) is 1. The van der Waals surface area contributed by atoms with Crippen LogP contribution in [-0.4, -0.2) is 19.2 Å². The summed E-state index contributed by atoms with van der Waals surface area (Å²) in [5, 5.41) is 1.94. The number of halogens is 3. The molecular formula is C19H15ClF2N2O3S2. The third-order valence-electron chi connectivity index (χ3n) is 4.05. The SMILES string of the molecule is Cc1c(Cl)cccc1S(=O)(=O)Nc1nc(CC(=O)Cc2cc(F)ccc2F)cs1. The van der Waals surface area contributed by atoms with Gasteiger partial charge in [-0.1, -0.05) is 17.7 Å². The van der Waals surface area contributed by atoms with Gasteiger partial charge in [-0.15, -0.1) is 11.3 Å². The Hall–Kier alpha value is -2.36. The predicted molar refractivity (Wildman–Crippen MR) is 108 cm³/mol. The summed E-state index contributed by atoms with van der Waals surface area (Å²) in [4.78, 5) is 16.3. The molecule has 0 saturated carbocycles. The van der Waals surface area contributed by atoms with E-state index in [2.05, 4.69) is 9.71 Å². The summed E-state index contributed by atoms with van der Waals surface area (Å²) < 4.78 is 54.4. The van der Waals surface area contributed by atoms with Gasteiger partial charge in [0.05, 0.1) is 10.6 Å². The fourth-order valence-electron chi connectivity index (χ4n) is 2.64. The van der Waals surface area contributed by atoms with E-state index in [-0.39, 0.29) is 34.2 Å². The lowest BCUT2D eigenvalue weighted by atomic mass is 10.1. The second-order valence-electron chi connectivity index (χ2n) is 6.24. The van der Waals surface area contributed by atoms with Crippen LogP contribution in [0.25, 0.3) is 0 Å². The van der Waals surface area contributed by atoms with Crippen LogP contribution in [0.1, 0.15) is 16.8 Å². The molecule has 10 heteroatoms. The largest absolute Gasteiger partial charge is 0.299 e. The summed E-state index contributed by atoms with van der Waals surface area (Å²) in [6.07, 6.45) is -0.422. The molecule has 0 spiro atoms. The van der Waals surface area contributed by atoms with Crippen molar-refractivity contribution in [3.05, 3.63) is 75.3 Å². The van der Waals surface area contributed by atoms with E-state index < -0.39 is 21.7 Å². The van der Waals surface area contributed by atoms with E-state index in [1.54, 1.807) is 13.0 Å². The fraction of sp³-hybridized carbons (Fsp3) is 0.158. The zero-order valence-electron chi connectivity index (χ0n) is 15.1. The van der Waals surface area contributed by atoms with E-state index in [0.717, 1.165) is 29.5 Å². The van der Waals surface area contributed by atoms with Crippen molar-refractivity contribution in [3.63, 3.8) is 0 Å². The highest BCUT2D eigenvalue weighted by atomic mass is 35.5. The van der Waals surface area contributed by atoms with Crippen LogP contribution < -0.4 is 4.72 Å². The number of nitrogens with one attached hydrogen (secondary N) is 1. The van der Waals surface area contributed by atoms with Gasteiger partial charge in [-0.3, -0.25) is 9.52 Å². The lowest BCUT2D eigenvalue weighted by Crippen LogP contribution is -2.14. The molecule has 0 fully saturated rings. The van der Waals surface area contributed by atoms with Crippen molar-refractivity contribution in [1.82, 2.24) is 4.98 Å². The molecule has 0 unspecified atom stereocenters. The number of ketones is 1. The molecule has 1 N–H and O–H groups in total. The molecule has 29 heavy (non-hydrogen) atoms.